The van der Waals surface area contributed by atoms with Gasteiger partial charge in [-0.05, 0) is 0 Å². The Hall–Kier alpha value is -1.78. The Bertz CT molecular complexity index is 355. The molecule has 0 aliphatic carbocycles. The van der Waals surface area contributed by atoms with Crippen molar-refractivity contribution < 1.29 is 4.92 Å². The number of non-ortho nitro benzene ring substituents is 1. The normalized spacial score (nSPS) is 14.7. The van der Waals surface area contributed by atoms with Crippen molar-refractivity contribution >= 4 is 5.69 Å². The molecular weight excluding hydrogens is 160 g/mol. The Kier molecular flexibility index (Phi) is 1.36. The van der Waals surface area contributed by atoms with E-state index in [4.69, 9.17) is 0 Å². The molecule has 1 aromatic carbocycles. The summed E-state index contributed by atoms with van der Waals surface area (Å²) < 4.78 is 0. The zero-order valence-electron chi connectivity index (χ0n) is 6.04. The molecule has 12 heavy (non-hydrogen) atoms. The minimum Gasteiger partial charge on any atom is -0.258 e. The zero-order chi connectivity index (χ0) is 8.55. The van der Waals surface area contributed by atoms with Crippen molar-refractivity contribution in [2.75, 3.05) is 0 Å². The summed E-state index contributed by atoms with van der Waals surface area (Å²) in [5.41, 5.74) is 0.869. The van der Waals surface area contributed by atoms with Crippen LogP contribution in [0.4, 0.5) is 5.69 Å². The molecule has 0 spiro atoms. The van der Waals surface area contributed by atoms with E-state index in [1.807, 2.05) is 0 Å². The molecule has 0 N–H and O–H groups in total. The van der Waals surface area contributed by atoms with Crippen LogP contribution in [-0.4, -0.2) is 4.92 Å². The van der Waals surface area contributed by atoms with Crippen LogP contribution in [0.25, 0.3) is 0 Å². The molecule has 0 radical (unpaired) electrons. The largest absolute Gasteiger partial charge is 0.269 e. The first-order valence-electron chi connectivity index (χ1n) is 3.42. The van der Waals surface area contributed by atoms with E-state index in [1.165, 1.54) is 12.1 Å². The van der Waals surface area contributed by atoms with E-state index < -0.39 is 4.92 Å². The lowest BCUT2D eigenvalue weighted by Crippen LogP contribution is -1.89. The van der Waals surface area contributed by atoms with Gasteiger partial charge in [0, 0.05) is 17.7 Å². The van der Waals surface area contributed by atoms with Crippen LogP contribution in [0.3, 0.4) is 0 Å². The fourth-order valence-corrected chi connectivity index (χ4v) is 0.966. The van der Waals surface area contributed by atoms with Crippen LogP contribution >= 0.6 is 0 Å². The van der Waals surface area contributed by atoms with Gasteiger partial charge < -0.3 is 0 Å². The number of hydrogen-bond acceptors (Lipinski definition) is 4. The first kappa shape index (κ1) is 6.90. The molecule has 0 amide bonds. The Balaban J connectivity index is 2.33. The molecule has 1 aliphatic heterocycles. The summed E-state index contributed by atoms with van der Waals surface area (Å²) in [6.45, 7) is 0. The van der Waals surface area contributed by atoms with Crippen LogP contribution in [0, 0.1) is 10.1 Å². The molecule has 2 rings (SSSR count). The van der Waals surface area contributed by atoms with E-state index >= 15 is 0 Å². The molecule has 0 bridgehead atoms. The summed E-state index contributed by atoms with van der Waals surface area (Å²) in [6.07, 6.45) is -0.162. The summed E-state index contributed by atoms with van der Waals surface area (Å²) in [6, 6.07) is 6.35. The molecule has 0 atom stereocenters. The fourth-order valence-electron chi connectivity index (χ4n) is 0.966. The third kappa shape index (κ3) is 1.16. The lowest BCUT2D eigenvalue weighted by molar-refractivity contribution is -0.384. The van der Waals surface area contributed by atoms with Crippen molar-refractivity contribution in [2.45, 2.75) is 6.17 Å². The van der Waals surface area contributed by atoms with Crippen LogP contribution < -0.4 is 0 Å². The van der Waals surface area contributed by atoms with Crippen LogP contribution in [0.1, 0.15) is 11.7 Å². The van der Waals surface area contributed by atoms with Crippen molar-refractivity contribution in [1.82, 2.24) is 0 Å². The van der Waals surface area contributed by atoms with Crippen molar-refractivity contribution in [3.05, 3.63) is 39.9 Å². The Morgan fingerprint density at radius 1 is 1.42 bits per heavy atom. The summed E-state index contributed by atoms with van der Waals surface area (Å²) in [7, 11) is 0. The molecule has 0 saturated carbocycles. The topological polar surface area (TPSA) is 67.9 Å². The molecule has 1 aromatic rings. The van der Waals surface area contributed by atoms with Crippen molar-refractivity contribution in [2.24, 2.45) is 10.2 Å². The highest BCUT2D eigenvalue weighted by Crippen LogP contribution is 2.31. The number of rotatable bonds is 2. The van der Waals surface area contributed by atoms with Gasteiger partial charge in [-0.25, -0.2) is 0 Å². The van der Waals surface area contributed by atoms with E-state index in [9.17, 15) is 10.1 Å². The fraction of sp³-hybridized carbons (Fsp3) is 0.143. The van der Waals surface area contributed by atoms with E-state index in [0.717, 1.165) is 5.56 Å². The van der Waals surface area contributed by atoms with Gasteiger partial charge in [0.25, 0.3) is 5.69 Å². The molecule has 60 valence electrons. The number of nitrogens with zero attached hydrogens (tertiary/aromatic N) is 3. The van der Waals surface area contributed by atoms with E-state index in [2.05, 4.69) is 10.2 Å². The molecular formula is C7H5N3O2. The predicted molar refractivity (Wildman–Crippen MR) is 40.7 cm³/mol. The highest BCUT2D eigenvalue weighted by molar-refractivity contribution is 5.36. The third-order valence-electron chi connectivity index (χ3n) is 1.61. The summed E-state index contributed by atoms with van der Waals surface area (Å²) in [5.74, 6) is 0. The van der Waals surface area contributed by atoms with Crippen molar-refractivity contribution in [3.8, 4) is 0 Å². The SMILES string of the molecule is O=[N+]([O-])c1cccc(C2[15N]=[15N]2)c1. The van der Waals surface area contributed by atoms with Gasteiger partial charge >= 0.3 is 0 Å². The van der Waals surface area contributed by atoms with Gasteiger partial charge in [-0.2, -0.15) is 10.2 Å². The number of benzene rings is 1. The minimum absolute atomic E-state index is 0.0878. The predicted octanol–water partition coefficient (Wildman–Crippen LogP) is 2.06. The smallest absolute Gasteiger partial charge is 0.258 e. The molecule has 0 unspecified atom stereocenters. The zero-order valence-corrected chi connectivity index (χ0v) is 6.04. The lowest BCUT2D eigenvalue weighted by Gasteiger charge is -1.93. The maximum Gasteiger partial charge on any atom is 0.269 e. The summed E-state index contributed by atoms with van der Waals surface area (Å²) in [4.78, 5) is 9.92. The maximum atomic E-state index is 10.3. The van der Waals surface area contributed by atoms with Gasteiger partial charge in [-0.1, -0.05) is 12.1 Å². The van der Waals surface area contributed by atoms with E-state index in [0.29, 0.717) is 0 Å². The van der Waals surface area contributed by atoms with Gasteiger partial charge in [0.05, 0.1) is 4.92 Å². The number of hydrogen-bond donors (Lipinski definition) is 0. The quantitative estimate of drug-likeness (QED) is 0.382. The van der Waals surface area contributed by atoms with Crippen LogP contribution in [0.5, 0.6) is 0 Å². The van der Waals surface area contributed by atoms with E-state index in [1.54, 1.807) is 12.1 Å². The average Bonchev–Trinajstić information content (AvgIpc) is 2.87. The number of nitro groups is 1. The van der Waals surface area contributed by atoms with Gasteiger partial charge in [-0.3, -0.25) is 10.1 Å². The standard InChI is InChI=1S/C7H5N3O2/c11-10(12)6-3-1-2-5(4-6)7-8-9-7/h1-4,7H/i8+1,9+1. The molecule has 1 heterocycles. The second-order valence-corrected chi connectivity index (χ2v) is 2.46. The van der Waals surface area contributed by atoms with Crippen LogP contribution in [0.2, 0.25) is 0 Å². The summed E-state index contributed by atoms with van der Waals surface area (Å²) >= 11 is 0. The Morgan fingerprint density at radius 2 is 2.17 bits per heavy atom. The van der Waals surface area contributed by atoms with E-state index in [-0.39, 0.29) is 11.9 Å². The molecule has 0 fully saturated rings. The van der Waals surface area contributed by atoms with Gasteiger partial charge in [0.1, 0.15) is 0 Å². The number of nitro benzene ring substituents is 1. The van der Waals surface area contributed by atoms with Crippen LogP contribution in [0.15, 0.2) is 34.5 Å². The maximum absolute atomic E-state index is 10.3. The van der Waals surface area contributed by atoms with Gasteiger partial charge in [-0.15, -0.1) is 0 Å². The highest BCUT2D eigenvalue weighted by Gasteiger charge is 2.20. The first-order chi connectivity index (χ1) is 5.77. The molecule has 0 saturated heterocycles. The highest BCUT2D eigenvalue weighted by atomic mass is 16.6. The second kappa shape index (κ2) is 2.37. The van der Waals surface area contributed by atoms with Gasteiger partial charge in [0.2, 0.25) is 6.17 Å². The minimum atomic E-state index is -0.425. The Labute approximate surface area is 67.9 Å². The van der Waals surface area contributed by atoms with Crippen LogP contribution in [-0.2, 0) is 0 Å². The molecule has 1 aliphatic rings. The first-order valence-corrected chi connectivity index (χ1v) is 3.42. The summed E-state index contributed by atoms with van der Waals surface area (Å²) in [5, 5.41) is 17.7. The van der Waals surface area contributed by atoms with Crippen molar-refractivity contribution in [1.29, 1.82) is 0 Å². The monoisotopic (exact) mass is 165 g/mol. The third-order valence-corrected chi connectivity index (χ3v) is 1.61. The molecule has 5 heteroatoms. The Morgan fingerprint density at radius 3 is 2.75 bits per heavy atom. The second-order valence-electron chi connectivity index (χ2n) is 2.46. The molecule has 0 aromatic heterocycles. The van der Waals surface area contributed by atoms with Gasteiger partial charge in [0.15, 0.2) is 0 Å². The molecule has 5 nitrogen and oxygen atoms in total. The van der Waals surface area contributed by atoms with Crippen molar-refractivity contribution in [3.63, 3.8) is 0 Å². The lowest BCUT2D eigenvalue weighted by atomic mass is 10.2. The average molecular weight is 165 g/mol.